The number of aliphatic hydroxyl groups is 1. The molecule has 0 bridgehead atoms. The van der Waals surface area contributed by atoms with E-state index in [0.29, 0.717) is 13.1 Å². The van der Waals surface area contributed by atoms with Crippen LogP contribution < -0.4 is 0 Å². The maximum atomic E-state index is 12.8. The molecule has 1 aliphatic heterocycles. The molecule has 1 heterocycles. The van der Waals surface area contributed by atoms with Crippen LogP contribution in [0, 0.1) is 0 Å². The molecule has 4 nitrogen and oxygen atoms in total. The van der Waals surface area contributed by atoms with Gasteiger partial charge in [-0.1, -0.05) is 6.07 Å². The monoisotopic (exact) mass is 344 g/mol. The van der Waals surface area contributed by atoms with Gasteiger partial charge in [0.05, 0.1) is 11.7 Å². The molecule has 134 valence electrons. The largest absolute Gasteiger partial charge is 0.416 e. The normalized spacial score (nSPS) is 17.4. The third kappa shape index (κ3) is 4.70. The highest BCUT2D eigenvalue weighted by Gasteiger charge is 2.31. The van der Waals surface area contributed by atoms with Crippen LogP contribution in [0.5, 0.6) is 0 Å². The predicted molar refractivity (Wildman–Crippen MR) is 84.7 cm³/mol. The second-order valence-corrected chi connectivity index (χ2v) is 6.40. The first-order chi connectivity index (χ1) is 11.2. The molecule has 0 spiro atoms. The van der Waals surface area contributed by atoms with Crippen LogP contribution >= 0.6 is 0 Å². The number of carbonyl (C=O) groups excluding carboxylic acids is 1. The number of alkyl halides is 3. The quantitative estimate of drug-likeness (QED) is 0.863. The van der Waals surface area contributed by atoms with Crippen molar-refractivity contribution in [1.29, 1.82) is 0 Å². The molecule has 2 rings (SSSR count). The highest BCUT2D eigenvalue weighted by Crippen LogP contribution is 2.29. The maximum Gasteiger partial charge on any atom is 0.416 e. The zero-order valence-electron chi connectivity index (χ0n) is 13.9. The summed E-state index contributed by atoms with van der Waals surface area (Å²) in [6, 6.07) is 4.44. The number of nitrogens with zero attached hydrogens (tertiary/aromatic N) is 2. The standard InChI is InChI=1S/C17H23F3N2O2/c1-12(5-4-8-22-10-15(23)11-22)21(2)16(24)13-6-3-7-14(9-13)17(18,19)20/h3,6-7,9,12,15,23H,4-5,8,10-11H2,1-2H3/t12-/m0/s1. The molecule has 1 N–H and O–H groups in total. The Bertz CT molecular complexity index is 571. The molecule has 7 heteroatoms. The summed E-state index contributed by atoms with van der Waals surface area (Å²) in [5.41, 5.74) is -0.768. The van der Waals surface area contributed by atoms with Gasteiger partial charge in [-0.05, 0) is 44.5 Å². The molecule has 1 atom stereocenters. The van der Waals surface area contributed by atoms with Crippen molar-refractivity contribution in [2.45, 2.75) is 38.1 Å². The molecule has 0 aliphatic carbocycles. The number of carbonyl (C=O) groups is 1. The predicted octanol–water partition coefficient (Wildman–Crippen LogP) is 2.62. The van der Waals surface area contributed by atoms with Crippen LogP contribution in [0.2, 0.25) is 0 Å². The highest BCUT2D eigenvalue weighted by atomic mass is 19.4. The summed E-state index contributed by atoms with van der Waals surface area (Å²) in [7, 11) is 1.61. The first-order valence-corrected chi connectivity index (χ1v) is 8.03. The van der Waals surface area contributed by atoms with Gasteiger partial charge in [0.25, 0.3) is 5.91 Å². The topological polar surface area (TPSA) is 43.8 Å². The van der Waals surface area contributed by atoms with Crippen molar-refractivity contribution in [3.8, 4) is 0 Å². The minimum atomic E-state index is -4.46. The third-order valence-corrected chi connectivity index (χ3v) is 4.45. The van der Waals surface area contributed by atoms with Crippen LogP contribution in [0.15, 0.2) is 24.3 Å². The van der Waals surface area contributed by atoms with E-state index in [4.69, 9.17) is 0 Å². The van der Waals surface area contributed by atoms with Gasteiger partial charge >= 0.3 is 6.18 Å². The molecule has 0 aromatic heterocycles. The van der Waals surface area contributed by atoms with E-state index in [0.717, 1.165) is 31.5 Å². The number of hydrogen-bond donors (Lipinski definition) is 1. The Kier molecular flexibility index (Phi) is 5.87. The lowest BCUT2D eigenvalue weighted by Gasteiger charge is -2.36. The molecule has 1 saturated heterocycles. The van der Waals surface area contributed by atoms with E-state index in [1.807, 2.05) is 6.92 Å². The summed E-state index contributed by atoms with van der Waals surface area (Å²) >= 11 is 0. The van der Waals surface area contributed by atoms with Crippen molar-refractivity contribution >= 4 is 5.91 Å². The van der Waals surface area contributed by atoms with E-state index in [1.54, 1.807) is 7.05 Å². The number of rotatable bonds is 6. The molecular weight excluding hydrogens is 321 g/mol. The number of aliphatic hydroxyl groups excluding tert-OH is 1. The average Bonchev–Trinajstić information content (AvgIpc) is 2.50. The van der Waals surface area contributed by atoms with E-state index in [2.05, 4.69) is 4.90 Å². The smallest absolute Gasteiger partial charge is 0.390 e. The number of likely N-dealkylation sites (tertiary alicyclic amines) is 1. The molecular formula is C17H23F3N2O2. The van der Waals surface area contributed by atoms with Crippen LogP contribution in [0.25, 0.3) is 0 Å². The minimum absolute atomic E-state index is 0.0463. The van der Waals surface area contributed by atoms with Gasteiger partial charge in [-0.2, -0.15) is 13.2 Å². The number of hydrogen-bond acceptors (Lipinski definition) is 3. The van der Waals surface area contributed by atoms with E-state index < -0.39 is 17.6 Å². The van der Waals surface area contributed by atoms with Crippen molar-refractivity contribution in [2.24, 2.45) is 0 Å². The van der Waals surface area contributed by atoms with Crippen molar-refractivity contribution in [3.63, 3.8) is 0 Å². The van der Waals surface area contributed by atoms with Crippen LogP contribution in [0.3, 0.4) is 0 Å². The Labute approximate surface area is 139 Å². The molecule has 0 radical (unpaired) electrons. The number of β-amino-alcohol motifs (C(OH)–C–C–N with tert-alkyl or cyclic N) is 1. The van der Waals surface area contributed by atoms with Gasteiger partial charge in [-0.3, -0.25) is 9.69 Å². The zero-order valence-corrected chi connectivity index (χ0v) is 13.9. The molecule has 0 unspecified atom stereocenters. The SMILES string of the molecule is C[C@@H](CCCN1CC(O)C1)N(C)C(=O)c1cccc(C(F)(F)F)c1. The van der Waals surface area contributed by atoms with Gasteiger partial charge in [0.2, 0.25) is 0 Å². The molecule has 1 aliphatic rings. The van der Waals surface area contributed by atoms with Gasteiger partial charge in [0, 0.05) is 31.7 Å². The fourth-order valence-electron chi connectivity index (χ4n) is 2.76. The lowest BCUT2D eigenvalue weighted by Crippen LogP contribution is -2.50. The first kappa shape index (κ1) is 18.7. The Hall–Kier alpha value is -1.60. The van der Waals surface area contributed by atoms with E-state index in [-0.39, 0.29) is 17.7 Å². The van der Waals surface area contributed by atoms with Crippen molar-refractivity contribution in [3.05, 3.63) is 35.4 Å². The summed E-state index contributed by atoms with van der Waals surface area (Å²) in [5.74, 6) is -0.409. The van der Waals surface area contributed by atoms with Crippen LogP contribution in [0.4, 0.5) is 13.2 Å². The van der Waals surface area contributed by atoms with Gasteiger partial charge in [0.15, 0.2) is 0 Å². The Morgan fingerprint density at radius 2 is 2.08 bits per heavy atom. The Balaban J connectivity index is 1.88. The van der Waals surface area contributed by atoms with Crippen molar-refractivity contribution in [2.75, 3.05) is 26.7 Å². The summed E-state index contributed by atoms with van der Waals surface area (Å²) in [6.45, 7) is 4.12. The highest BCUT2D eigenvalue weighted by molar-refractivity contribution is 5.94. The summed E-state index contributed by atoms with van der Waals surface area (Å²) in [5, 5.41) is 9.22. The number of halogens is 3. The molecule has 1 fully saturated rings. The fourth-order valence-corrected chi connectivity index (χ4v) is 2.76. The minimum Gasteiger partial charge on any atom is -0.390 e. The summed E-state index contributed by atoms with van der Waals surface area (Å²) < 4.78 is 38.3. The second-order valence-electron chi connectivity index (χ2n) is 6.40. The van der Waals surface area contributed by atoms with Gasteiger partial charge in [-0.25, -0.2) is 0 Å². The molecule has 0 saturated carbocycles. The third-order valence-electron chi connectivity index (χ3n) is 4.45. The molecule has 1 aromatic rings. The number of benzene rings is 1. The molecule has 1 amide bonds. The first-order valence-electron chi connectivity index (χ1n) is 8.03. The second kappa shape index (κ2) is 7.53. The summed E-state index contributed by atoms with van der Waals surface area (Å²) in [4.78, 5) is 16.0. The van der Waals surface area contributed by atoms with E-state index in [1.165, 1.54) is 17.0 Å². The van der Waals surface area contributed by atoms with Crippen molar-refractivity contribution in [1.82, 2.24) is 9.80 Å². The van der Waals surface area contributed by atoms with Gasteiger partial charge < -0.3 is 10.0 Å². The van der Waals surface area contributed by atoms with Crippen LogP contribution in [-0.4, -0.2) is 59.6 Å². The maximum absolute atomic E-state index is 12.8. The van der Waals surface area contributed by atoms with E-state index >= 15 is 0 Å². The fraction of sp³-hybridized carbons (Fsp3) is 0.588. The Morgan fingerprint density at radius 1 is 1.42 bits per heavy atom. The van der Waals surface area contributed by atoms with Crippen LogP contribution in [-0.2, 0) is 6.18 Å². The van der Waals surface area contributed by atoms with Crippen LogP contribution in [0.1, 0.15) is 35.7 Å². The molecule has 1 aromatic carbocycles. The lowest BCUT2D eigenvalue weighted by atomic mass is 10.1. The zero-order chi connectivity index (χ0) is 17.9. The van der Waals surface area contributed by atoms with Gasteiger partial charge in [-0.15, -0.1) is 0 Å². The van der Waals surface area contributed by atoms with Crippen molar-refractivity contribution < 1.29 is 23.1 Å². The molecule has 24 heavy (non-hydrogen) atoms. The van der Waals surface area contributed by atoms with Gasteiger partial charge in [0.1, 0.15) is 0 Å². The summed E-state index contributed by atoms with van der Waals surface area (Å²) in [6.07, 6.45) is -3.06. The lowest BCUT2D eigenvalue weighted by molar-refractivity contribution is -0.137. The average molecular weight is 344 g/mol. The Morgan fingerprint density at radius 3 is 2.67 bits per heavy atom. The van der Waals surface area contributed by atoms with E-state index in [9.17, 15) is 23.1 Å². The number of amides is 1.